The Hall–Kier alpha value is -2.33. The summed E-state index contributed by atoms with van der Waals surface area (Å²) in [6.45, 7) is 5.04. The lowest BCUT2D eigenvalue weighted by atomic mass is 10.1. The highest BCUT2D eigenvalue weighted by Crippen LogP contribution is 2.34. The Labute approximate surface area is 140 Å². The molecular formula is C18H17ClN4. The van der Waals surface area contributed by atoms with Crippen LogP contribution < -0.4 is 5.32 Å². The molecule has 0 radical (unpaired) electrons. The van der Waals surface area contributed by atoms with Gasteiger partial charge in [-0.05, 0) is 25.1 Å². The second kappa shape index (κ2) is 5.39. The molecule has 0 fully saturated rings. The van der Waals surface area contributed by atoms with Crippen molar-refractivity contribution in [2.75, 3.05) is 11.9 Å². The lowest BCUT2D eigenvalue weighted by Gasteiger charge is -2.12. The van der Waals surface area contributed by atoms with Crippen LogP contribution >= 0.6 is 11.6 Å². The van der Waals surface area contributed by atoms with Gasteiger partial charge in [0.05, 0.1) is 11.4 Å². The lowest BCUT2D eigenvalue weighted by molar-refractivity contribution is 0.725. The zero-order chi connectivity index (χ0) is 16.0. The van der Waals surface area contributed by atoms with E-state index in [2.05, 4.69) is 58.2 Å². The van der Waals surface area contributed by atoms with Crippen LogP contribution in [-0.2, 0) is 0 Å². The predicted octanol–water partition coefficient (Wildman–Crippen LogP) is 4.43. The summed E-state index contributed by atoms with van der Waals surface area (Å²) in [6, 6.07) is 14.2. The second-order valence-electron chi connectivity index (χ2n) is 6.03. The fraction of sp³-hybridized carbons (Fsp3) is 0.222. The molecule has 4 nitrogen and oxygen atoms in total. The lowest BCUT2D eigenvalue weighted by Crippen LogP contribution is -2.09. The zero-order valence-electron chi connectivity index (χ0n) is 13.0. The van der Waals surface area contributed by atoms with Crippen molar-refractivity contribution < 1.29 is 0 Å². The van der Waals surface area contributed by atoms with Crippen LogP contribution in [0.3, 0.4) is 0 Å². The number of benzene rings is 2. The summed E-state index contributed by atoms with van der Waals surface area (Å²) in [6.07, 6.45) is 0. The molecule has 1 aliphatic heterocycles. The molecule has 0 unspecified atom stereocenters. The third kappa shape index (κ3) is 2.39. The van der Waals surface area contributed by atoms with E-state index in [1.165, 1.54) is 5.56 Å². The van der Waals surface area contributed by atoms with Gasteiger partial charge < -0.3 is 5.32 Å². The van der Waals surface area contributed by atoms with E-state index < -0.39 is 0 Å². The van der Waals surface area contributed by atoms with Crippen LogP contribution in [0.5, 0.6) is 0 Å². The molecule has 1 N–H and O–H groups in total. The van der Waals surface area contributed by atoms with E-state index in [0.29, 0.717) is 0 Å². The Morgan fingerprint density at radius 2 is 1.91 bits per heavy atom. The number of hydrogen-bond donors (Lipinski definition) is 1. The van der Waals surface area contributed by atoms with Crippen LogP contribution in [0.15, 0.2) is 42.5 Å². The monoisotopic (exact) mass is 324 g/mol. The minimum Gasteiger partial charge on any atom is -0.383 e. The van der Waals surface area contributed by atoms with E-state index in [4.69, 9.17) is 11.6 Å². The minimum absolute atomic E-state index is 0.257. The molecule has 0 bridgehead atoms. The van der Waals surface area contributed by atoms with E-state index in [1.54, 1.807) is 0 Å². The zero-order valence-corrected chi connectivity index (χ0v) is 13.8. The number of halogens is 1. The summed E-state index contributed by atoms with van der Waals surface area (Å²) in [5.41, 5.74) is 4.33. The molecule has 2 aromatic carbocycles. The first-order valence-corrected chi connectivity index (χ1v) is 8.07. The number of nitrogens with zero attached hydrogens (tertiary/aromatic N) is 3. The fourth-order valence-electron chi connectivity index (χ4n) is 2.94. The highest BCUT2D eigenvalue weighted by molar-refractivity contribution is 6.31. The van der Waals surface area contributed by atoms with E-state index in [0.717, 1.165) is 40.2 Å². The number of rotatable bonds is 1. The van der Waals surface area contributed by atoms with Crippen LogP contribution in [0.25, 0.3) is 17.1 Å². The van der Waals surface area contributed by atoms with Crippen molar-refractivity contribution >= 4 is 17.3 Å². The number of aromatic nitrogens is 3. The molecule has 4 rings (SSSR count). The third-order valence-electron chi connectivity index (χ3n) is 4.24. The van der Waals surface area contributed by atoms with Gasteiger partial charge in [-0.3, -0.25) is 4.57 Å². The van der Waals surface area contributed by atoms with Gasteiger partial charge in [-0.1, -0.05) is 48.4 Å². The standard InChI is InChI=1S/C18H17ClN4/c1-11-3-5-13(6-4-11)18-22-21-17-12(2)10-20-15-9-14(19)7-8-16(15)23(17)18/h3-9,12,20H,10H2,1-2H3/t12-/m0/s1. The molecular weight excluding hydrogens is 308 g/mol. The largest absolute Gasteiger partial charge is 0.383 e. The molecule has 1 aliphatic rings. The van der Waals surface area contributed by atoms with Crippen LogP contribution in [0, 0.1) is 6.92 Å². The van der Waals surface area contributed by atoms with Gasteiger partial charge in [0.1, 0.15) is 5.82 Å². The van der Waals surface area contributed by atoms with Crippen LogP contribution in [0.4, 0.5) is 5.69 Å². The molecule has 2 heterocycles. The van der Waals surface area contributed by atoms with Gasteiger partial charge in [-0.15, -0.1) is 10.2 Å². The quantitative estimate of drug-likeness (QED) is 0.720. The Bertz CT molecular complexity index is 867. The first-order chi connectivity index (χ1) is 11.1. The number of fused-ring (bicyclic) bond motifs is 3. The van der Waals surface area contributed by atoms with Crippen LogP contribution in [0.2, 0.25) is 5.02 Å². The van der Waals surface area contributed by atoms with Gasteiger partial charge in [-0.2, -0.15) is 0 Å². The van der Waals surface area contributed by atoms with Crippen molar-refractivity contribution in [3.05, 3.63) is 58.9 Å². The van der Waals surface area contributed by atoms with Crippen LogP contribution in [0.1, 0.15) is 24.2 Å². The Morgan fingerprint density at radius 1 is 1.13 bits per heavy atom. The smallest absolute Gasteiger partial charge is 0.168 e. The summed E-state index contributed by atoms with van der Waals surface area (Å²) < 4.78 is 2.14. The van der Waals surface area contributed by atoms with Gasteiger partial charge in [-0.25, -0.2) is 0 Å². The van der Waals surface area contributed by atoms with Gasteiger partial charge in [0.25, 0.3) is 0 Å². The normalized spacial score (nSPS) is 16.2. The van der Waals surface area contributed by atoms with Gasteiger partial charge in [0.2, 0.25) is 0 Å². The molecule has 0 saturated heterocycles. The van der Waals surface area contributed by atoms with Crippen molar-refractivity contribution in [1.29, 1.82) is 0 Å². The molecule has 3 aromatic rings. The minimum atomic E-state index is 0.257. The van der Waals surface area contributed by atoms with E-state index in [-0.39, 0.29) is 5.92 Å². The third-order valence-corrected chi connectivity index (χ3v) is 4.47. The SMILES string of the molecule is Cc1ccc(-c2nnc3n2-c2ccc(Cl)cc2NC[C@@H]3C)cc1. The Kier molecular flexibility index (Phi) is 3.34. The second-order valence-corrected chi connectivity index (χ2v) is 6.46. The maximum absolute atomic E-state index is 6.16. The molecule has 0 aliphatic carbocycles. The summed E-state index contributed by atoms with van der Waals surface area (Å²) in [7, 11) is 0. The molecule has 0 spiro atoms. The molecule has 1 atom stereocenters. The molecule has 0 saturated carbocycles. The van der Waals surface area contributed by atoms with E-state index in [9.17, 15) is 0 Å². The first kappa shape index (κ1) is 14.3. The van der Waals surface area contributed by atoms with Crippen molar-refractivity contribution in [3.63, 3.8) is 0 Å². The first-order valence-electron chi connectivity index (χ1n) is 7.69. The predicted molar refractivity (Wildman–Crippen MR) is 93.4 cm³/mol. The maximum Gasteiger partial charge on any atom is 0.168 e. The average molecular weight is 325 g/mol. The molecule has 0 amide bonds. The van der Waals surface area contributed by atoms with Crippen molar-refractivity contribution in [2.45, 2.75) is 19.8 Å². The van der Waals surface area contributed by atoms with Gasteiger partial charge in [0.15, 0.2) is 5.82 Å². The molecule has 1 aromatic heterocycles. The Balaban J connectivity index is 1.97. The molecule has 116 valence electrons. The summed E-state index contributed by atoms with van der Waals surface area (Å²) in [5.74, 6) is 2.08. The van der Waals surface area contributed by atoms with Crippen LogP contribution in [-0.4, -0.2) is 21.3 Å². The number of hydrogen-bond acceptors (Lipinski definition) is 3. The molecule has 5 heteroatoms. The highest BCUT2D eigenvalue weighted by atomic mass is 35.5. The maximum atomic E-state index is 6.16. The number of aryl methyl sites for hydroxylation is 1. The average Bonchev–Trinajstić information content (AvgIpc) is 2.93. The number of anilines is 1. The van der Waals surface area contributed by atoms with Crippen molar-refractivity contribution in [1.82, 2.24) is 14.8 Å². The van der Waals surface area contributed by atoms with Crippen molar-refractivity contribution in [3.8, 4) is 17.1 Å². The summed E-state index contributed by atoms with van der Waals surface area (Å²) >= 11 is 6.16. The summed E-state index contributed by atoms with van der Waals surface area (Å²) in [4.78, 5) is 0. The fourth-order valence-corrected chi connectivity index (χ4v) is 3.11. The van der Waals surface area contributed by atoms with Crippen molar-refractivity contribution in [2.24, 2.45) is 0 Å². The van der Waals surface area contributed by atoms with E-state index >= 15 is 0 Å². The van der Waals surface area contributed by atoms with E-state index in [1.807, 2.05) is 18.2 Å². The number of nitrogens with one attached hydrogen (secondary N) is 1. The Morgan fingerprint density at radius 3 is 2.70 bits per heavy atom. The summed E-state index contributed by atoms with van der Waals surface area (Å²) in [5, 5.41) is 13.1. The van der Waals surface area contributed by atoms with Gasteiger partial charge in [0, 0.05) is 23.0 Å². The van der Waals surface area contributed by atoms with Gasteiger partial charge >= 0.3 is 0 Å². The topological polar surface area (TPSA) is 42.7 Å². The highest BCUT2D eigenvalue weighted by Gasteiger charge is 2.24. The molecule has 23 heavy (non-hydrogen) atoms.